The van der Waals surface area contributed by atoms with Crippen molar-refractivity contribution < 1.29 is 28.5 Å². The highest BCUT2D eigenvalue weighted by atomic mass is 16.5. The molecule has 0 saturated carbocycles. The summed E-state index contributed by atoms with van der Waals surface area (Å²) in [5.41, 5.74) is 4.84. The molecule has 11 heteroatoms. The van der Waals surface area contributed by atoms with Crippen LogP contribution in [0.15, 0.2) is 34.5 Å². The van der Waals surface area contributed by atoms with Gasteiger partial charge in [0.2, 0.25) is 5.90 Å². The number of rotatable bonds is 4. The Morgan fingerprint density at radius 1 is 1.12 bits per heavy atom. The average molecular weight is 363 g/mol. The summed E-state index contributed by atoms with van der Waals surface area (Å²) in [6, 6.07) is 6.88. The molecule has 0 unspecified atom stereocenters. The Bertz CT molecular complexity index is 776. The first kappa shape index (κ1) is 18.7. The Morgan fingerprint density at radius 2 is 1.77 bits per heavy atom. The second-order valence-corrected chi connectivity index (χ2v) is 4.77. The first-order valence-corrected chi connectivity index (χ1v) is 7.23. The third-order valence-electron chi connectivity index (χ3n) is 3.24. The van der Waals surface area contributed by atoms with Crippen molar-refractivity contribution in [1.29, 1.82) is 5.41 Å². The Morgan fingerprint density at radius 3 is 2.38 bits per heavy atom. The van der Waals surface area contributed by atoms with E-state index in [1.165, 1.54) is 21.3 Å². The molecular weight excluding hydrogens is 346 g/mol. The summed E-state index contributed by atoms with van der Waals surface area (Å²) in [6.45, 7) is 0. The van der Waals surface area contributed by atoms with Crippen LogP contribution in [0.3, 0.4) is 0 Å². The van der Waals surface area contributed by atoms with Crippen LogP contribution in [0.25, 0.3) is 0 Å². The minimum absolute atomic E-state index is 0.0837. The van der Waals surface area contributed by atoms with E-state index in [1.54, 1.807) is 24.3 Å². The fourth-order valence-corrected chi connectivity index (χ4v) is 2.02. The number of hydrazone groups is 2. The smallest absolute Gasteiger partial charge is 0.427 e. The largest absolute Gasteiger partial charge is 0.497 e. The molecule has 3 N–H and O–H groups in total. The number of carbonyl (C=O) groups is 2. The van der Waals surface area contributed by atoms with Crippen molar-refractivity contribution in [2.45, 2.75) is 6.10 Å². The highest BCUT2D eigenvalue weighted by Gasteiger charge is 2.38. The molecule has 2 rings (SSSR count). The fourth-order valence-electron chi connectivity index (χ4n) is 2.02. The van der Waals surface area contributed by atoms with Gasteiger partial charge in [-0.25, -0.2) is 20.4 Å². The second-order valence-electron chi connectivity index (χ2n) is 4.77. The van der Waals surface area contributed by atoms with Gasteiger partial charge >= 0.3 is 12.2 Å². The molecule has 1 aliphatic rings. The summed E-state index contributed by atoms with van der Waals surface area (Å²) in [5.74, 6) is 0.218. The minimum atomic E-state index is -0.854. The average Bonchev–Trinajstić information content (AvgIpc) is 2.99. The van der Waals surface area contributed by atoms with E-state index in [9.17, 15) is 9.59 Å². The van der Waals surface area contributed by atoms with Gasteiger partial charge < -0.3 is 18.9 Å². The molecule has 0 aromatic heterocycles. The lowest BCUT2D eigenvalue weighted by atomic mass is 10.0. The van der Waals surface area contributed by atoms with Gasteiger partial charge in [-0.05, 0) is 12.1 Å². The maximum atomic E-state index is 11.3. The number of nitrogens with zero attached hydrogens (tertiary/aromatic N) is 2. The van der Waals surface area contributed by atoms with Crippen LogP contribution in [0.2, 0.25) is 0 Å². The molecule has 0 aliphatic carbocycles. The van der Waals surface area contributed by atoms with E-state index in [2.05, 4.69) is 30.5 Å². The standard InChI is InChI=1S/C15H17N5O6/c1-23-9-6-4-5-8(7-9)12-10(17-19-14(21)24-2)11(13(16)26-12)18-20-15(22)25-3/h4-7,12,16H,1-3H3,(H,19,21)(H,20,22)/b16-13?,17-10+,18-11+/t12-/m0/s1. The Balaban J connectivity index is 2.41. The fraction of sp³-hybridized carbons (Fsp3) is 0.267. The lowest BCUT2D eigenvalue weighted by Crippen LogP contribution is -2.27. The third-order valence-corrected chi connectivity index (χ3v) is 3.24. The van der Waals surface area contributed by atoms with Gasteiger partial charge in [0.25, 0.3) is 0 Å². The van der Waals surface area contributed by atoms with E-state index in [4.69, 9.17) is 14.9 Å². The summed E-state index contributed by atoms with van der Waals surface area (Å²) >= 11 is 0. The van der Waals surface area contributed by atoms with Crippen LogP contribution < -0.4 is 15.6 Å². The highest BCUT2D eigenvalue weighted by Crippen LogP contribution is 2.28. The van der Waals surface area contributed by atoms with Gasteiger partial charge in [-0.2, -0.15) is 10.2 Å². The molecule has 1 aromatic carbocycles. The molecule has 11 nitrogen and oxygen atoms in total. The van der Waals surface area contributed by atoms with Crippen molar-refractivity contribution in [2.24, 2.45) is 10.2 Å². The van der Waals surface area contributed by atoms with Gasteiger partial charge in [0.1, 0.15) is 11.5 Å². The van der Waals surface area contributed by atoms with Gasteiger partial charge in [0.15, 0.2) is 11.8 Å². The lowest BCUT2D eigenvalue weighted by molar-refractivity contribution is 0.170. The SMILES string of the molecule is COC(=O)N/N=C1/C(=N)O[C@@H](c2cccc(OC)c2)/C1=N/NC(=O)OC. The van der Waals surface area contributed by atoms with E-state index < -0.39 is 18.3 Å². The van der Waals surface area contributed by atoms with E-state index in [0.29, 0.717) is 11.3 Å². The summed E-state index contributed by atoms with van der Waals surface area (Å²) in [7, 11) is 3.85. The maximum Gasteiger partial charge on any atom is 0.427 e. The molecule has 1 heterocycles. The van der Waals surface area contributed by atoms with Crippen molar-refractivity contribution >= 4 is 29.5 Å². The number of nitrogens with one attached hydrogen (secondary N) is 3. The molecule has 1 atom stereocenters. The number of amides is 2. The van der Waals surface area contributed by atoms with Crippen LogP contribution in [0.1, 0.15) is 11.7 Å². The normalized spacial score (nSPS) is 19.0. The predicted molar refractivity (Wildman–Crippen MR) is 90.5 cm³/mol. The van der Waals surface area contributed by atoms with Gasteiger partial charge in [-0.15, -0.1) is 0 Å². The number of methoxy groups -OCH3 is 3. The van der Waals surface area contributed by atoms with E-state index in [-0.39, 0.29) is 17.3 Å². The van der Waals surface area contributed by atoms with E-state index in [0.717, 1.165) is 0 Å². The molecule has 1 aliphatic heterocycles. The number of ether oxygens (including phenoxy) is 4. The van der Waals surface area contributed by atoms with Crippen LogP contribution in [0.5, 0.6) is 5.75 Å². The maximum absolute atomic E-state index is 11.3. The number of benzene rings is 1. The zero-order valence-electron chi connectivity index (χ0n) is 14.2. The topological polar surface area (TPSA) is 144 Å². The van der Waals surface area contributed by atoms with Crippen molar-refractivity contribution in [3.8, 4) is 5.75 Å². The lowest BCUT2D eigenvalue weighted by Gasteiger charge is -2.11. The van der Waals surface area contributed by atoms with E-state index in [1.807, 2.05) is 0 Å². The summed E-state index contributed by atoms with van der Waals surface area (Å²) in [5, 5.41) is 15.6. The minimum Gasteiger partial charge on any atom is -0.497 e. The predicted octanol–water partition coefficient (Wildman–Crippen LogP) is 1.17. The highest BCUT2D eigenvalue weighted by molar-refractivity contribution is 6.69. The Labute approximate surface area is 148 Å². The van der Waals surface area contributed by atoms with Gasteiger partial charge in [0, 0.05) is 5.56 Å². The van der Waals surface area contributed by atoms with Crippen LogP contribution in [0.4, 0.5) is 9.59 Å². The third kappa shape index (κ3) is 4.26. The summed E-state index contributed by atoms with van der Waals surface area (Å²) in [4.78, 5) is 22.6. The molecule has 1 aromatic rings. The molecule has 1 fully saturated rings. The molecule has 0 spiro atoms. The molecule has 0 bridgehead atoms. The summed E-state index contributed by atoms with van der Waals surface area (Å²) in [6.07, 6.45) is -2.51. The molecular formula is C15H17N5O6. The monoisotopic (exact) mass is 363 g/mol. The van der Waals surface area contributed by atoms with Gasteiger partial charge in [-0.1, -0.05) is 12.1 Å². The van der Waals surface area contributed by atoms with Crippen LogP contribution in [0, 0.1) is 5.41 Å². The summed E-state index contributed by atoms with van der Waals surface area (Å²) < 4.78 is 19.5. The zero-order chi connectivity index (χ0) is 19.1. The van der Waals surface area contributed by atoms with Crippen LogP contribution in [-0.2, 0) is 14.2 Å². The Kier molecular flexibility index (Phi) is 6.09. The molecule has 138 valence electrons. The van der Waals surface area contributed by atoms with Crippen molar-refractivity contribution in [1.82, 2.24) is 10.9 Å². The quantitative estimate of drug-likeness (QED) is 0.685. The van der Waals surface area contributed by atoms with Crippen molar-refractivity contribution in [3.05, 3.63) is 29.8 Å². The van der Waals surface area contributed by atoms with Gasteiger partial charge in [-0.3, -0.25) is 5.41 Å². The van der Waals surface area contributed by atoms with Crippen LogP contribution in [-0.4, -0.2) is 50.8 Å². The molecule has 1 saturated heterocycles. The molecule has 2 amide bonds. The zero-order valence-corrected chi connectivity index (χ0v) is 14.2. The first-order chi connectivity index (χ1) is 12.5. The van der Waals surface area contributed by atoms with Crippen molar-refractivity contribution in [2.75, 3.05) is 21.3 Å². The first-order valence-electron chi connectivity index (χ1n) is 7.23. The van der Waals surface area contributed by atoms with E-state index >= 15 is 0 Å². The molecule has 0 radical (unpaired) electrons. The van der Waals surface area contributed by atoms with Crippen LogP contribution >= 0.6 is 0 Å². The molecule has 26 heavy (non-hydrogen) atoms. The second kappa shape index (κ2) is 8.46. The Hall–Kier alpha value is -3.63. The number of carbonyl (C=O) groups excluding carboxylic acids is 2. The van der Waals surface area contributed by atoms with Crippen molar-refractivity contribution in [3.63, 3.8) is 0 Å². The number of hydrogen-bond donors (Lipinski definition) is 3. The van der Waals surface area contributed by atoms with Gasteiger partial charge in [0.05, 0.1) is 21.3 Å². The number of hydrogen-bond acceptors (Lipinski definition) is 9.